The maximum absolute atomic E-state index is 10.9. The van der Waals surface area contributed by atoms with Crippen LogP contribution in [0.5, 0.6) is 17.2 Å². The van der Waals surface area contributed by atoms with E-state index in [1.54, 1.807) is 45.6 Å². The Hall–Kier alpha value is -3.33. The highest BCUT2D eigenvalue weighted by Crippen LogP contribution is 2.40. The highest BCUT2D eigenvalue weighted by atomic mass is 32.2. The van der Waals surface area contributed by atoms with Gasteiger partial charge >= 0.3 is 0 Å². The lowest BCUT2D eigenvalue weighted by atomic mass is 10.1. The highest BCUT2D eigenvalue weighted by molar-refractivity contribution is 7.98. The van der Waals surface area contributed by atoms with Gasteiger partial charge in [0, 0.05) is 23.4 Å². The molecular weight excluding hydrogens is 394 g/mol. The lowest BCUT2D eigenvalue weighted by molar-refractivity contribution is -0.384. The molecule has 0 aliphatic heterocycles. The van der Waals surface area contributed by atoms with Gasteiger partial charge < -0.3 is 14.2 Å². The Balaban J connectivity index is 1.77. The molecule has 0 aliphatic carbocycles. The summed E-state index contributed by atoms with van der Waals surface area (Å²) < 4.78 is 16.1. The van der Waals surface area contributed by atoms with E-state index in [1.807, 2.05) is 18.2 Å². The number of nitro groups is 1. The summed E-state index contributed by atoms with van der Waals surface area (Å²) in [6.45, 7) is 0. The minimum atomic E-state index is -0.403. The second kappa shape index (κ2) is 9.24. The van der Waals surface area contributed by atoms with Crippen molar-refractivity contribution in [1.82, 2.24) is 10.2 Å². The van der Waals surface area contributed by atoms with E-state index in [0.29, 0.717) is 33.7 Å². The molecule has 0 bridgehead atoms. The number of ether oxygens (including phenoxy) is 3. The van der Waals surface area contributed by atoms with E-state index in [9.17, 15) is 10.1 Å². The quantitative estimate of drug-likeness (QED) is 0.305. The van der Waals surface area contributed by atoms with Crippen molar-refractivity contribution in [1.29, 1.82) is 0 Å². The van der Waals surface area contributed by atoms with Gasteiger partial charge in [0.25, 0.3) is 5.69 Å². The van der Waals surface area contributed by atoms with Crippen molar-refractivity contribution in [2.45, 2.75) is 10.8 Å². The van der Waals surface area contributed by atoms with E-state index in [2.05, 4.69) is 10.2 Å². The SMILES string of the molecule is COc1cc(-c2ccc(SCc3cccc([N+](=O)[O-])c3)nn2)cc(OC)c1OC. The second-order valence-corrected chi connectivity index (χ2v) is 6.88. The summed E-state index contributed by atoms with van der Waals surface area (Å²) in [7, 11) is 4.66. The molecule has 0 N–H and O–H groups in total. The van der Waals surface area contributed by atoms with E-state index in [4.69, 9.17) is 14.2 Å². The maximum atomic E-state index is 10.9. The van der Waals surface area contributed by atoms with Gasteiger partial charge in [0.05, 0.1) is 31.9 Å². The summed E-state index contributed by atoms with van der Waals surface area (Å²) in [6.07, 6.45) is 0. The van der Waals surface area contributed by atoms with Crippen molar-refractivity contribution in [2.24, 2.45) is 0 Å². The topological polar surface area (TPSA) is 96.6 Å². The van der Waals surface area contributed by atoms with E-state index in [-0.39, 0.29) is 5.69 Å². The zero-order valence-electron chi connectivity index (χ0n) is 16.1. The van der Waals surface area contributed by atoms with Gasteiger partial charge in [0.15, 0.2) is 11.5 Å². The molecule has 1 aromatic heterocycles. The number of non-ortho nitro benzene ring substituents is 1. The van der Waals surface area contributed by atoms with Crippen LogP contribution in [0.2, 0.25) is 0 Å². The van der Waals surface area contributed by atoms with Crippen molar-refractivity contribution in [2.75, 3.05) is 21.3 Å². The molecule has 9 heteroatoms. The van der Waals surface area contributed by atoms with Crippen LogP contribution in [-0.2, 0) is 5.75 Å². The second-order valence-electron chi connectivity index (χ2n) is 5.89. The van der Waals surface area contributed by atoms with Crippen LogP contribution >= 0.6 is 11.8 Å². The zero-order valence-corrected chi connectivity index (χ0v) is 16.9. The fourth-order valence-electron chi connectivity index (χ4n) is 2.70. The minimum Gasteiger partial charge on any atom is -0.493 e. The molecule has 0 saturated heterocycles. The van der Waals surface area contributed by atoms with Gasteiger partial charge in [0.1, 0.15) is 5.03 Å². The Morgan fingerprint density at radius 1 is 0.966 bits per heavy atom. The lowest BCUT2D eigenvalue weighted by Crippen LogP contribution is -1.97. The van der Waals surface area contributed by atoms with E-state index >= 15 is 0 Å². The Morgan fingerprint density at radius 3 is 2.24 bits per heavy atom. The van der Waals surface area contributed by atoms with Crippen LogP contribution in [0, 0.1) is 10.1 Å². The van der Waals surface area contributed by atoms with Gasteiger partial charge in [-0.2, -0.15) is 0 Å². The van der Waals surface area contributed by atoms with Gasteiger partial charge in [-0.05, 0) is 29.8 Å². The average Bonchev–Trinajstić information content (AvgIpc) is 2.77. The Labute approximate surface area is 172 Å². The van der Waals surface area contributed by atoms with Crippen LogP contribution in [0.25, 0.3) is 11.3 Å². The molecule has 0 atom stereocenters. The largest absolute Gasteiger partial charge is 0.493 e. The van der Waals surface area contributed by atoms with E-state index in [0.717, 1.165) is 11.1 Å². The molecule has 0 radical (unpaired) electrons. The summed E-state index contributed by atoms with van der Waals surface area (Å²) in [4.78, 5) is 10.5. The number of rotatable bonds is 8. The molecule has 0 spiro atoms. The molecule has 0 fully saturated rings. The fourth-order valence-corrected chi connectivity index (χ4v) is 3.45. The summed E-state index contributed by atoms with van der Waals surface area (Å²) in [5.74, 6) is 2.14. The smallest absolute Gasteiger partial charge is 0.269 e. The maximum Gasteiger partial charge on any atom is 0.269 e. The van der Waals surface area contributed by atoms with Gasteiger partial charge in [-0.25, -0.2) is 0 Å². The number of hydrogen-bond acceptors (Lipinski definition) is 8. The van der Waals surface area contributed by atoms with Crippen LogP contribution in [0.15, 0.2) is 53.6 Å². The number of nitrogens with zero attached hydrogens (tertiary/aromatic N) is 3. The van der Waals surface area contributed by atoms with E-state index in [1.165, 1.54) is 17.8 Å². The Bertz CT molecular complexity index is 986. The molecule has 0 aliphatic rings. The number of methoxy groups -OCH3 is 3. The molecule has 8 nitrogen and oxygen atoms in total. The molecule has 1 heterocycles. The van der Waals surface area contributed by atoms with Crippen molar-refractivity contribution < 1.29 is 19.1 Å². The molecule has 150 valence electrons. The monoisotopic (exact) mass is 413 g/mol. The normalized spacial score (nSPS) is 10.4. The zero-order chi connectivity index (χ0) is 20.8. The molecule has 3 aromatic rings. The summed E-state index contributed by atoms with van der Waals surface area (Å²) in [5, 5.41) is 20.1. The third-order valence-electron chi connectivity index (χ3n) is 4.11. The van der Waals surface area contributed by atoms with Gasteiger partial charge in [-0.15, -0.1) is 10.2 Å². The Morgan fingerprint density at radius 2 is 1.69 bits per heavy atom. The van der Waals surface area contributed by atoms with Crippen LogP contribution in [0.4, 0.5) is 5.69 Å². The third kappa shape index (κ3) is 4.75. The van der Waals surface area contributed by atoms with Gasteiger partial charge in [0.2, 0.25) is 5.75 Å². The number of benzene rings is 2. The van der Waals surface area contributed by atoms with Gasteiger partial charge in [-0.3, -0.25) is 10.1 Å². The molecular formula is C20H19N3O5S. The van der Waals surface area contributed by atoms with Crippen molar-refractivity contribution >= 4 is 17.4 Å². The predicted molar refractivity (Wildman–Crippen MR) is 110 cm³/mol. The molecule has 0 saturated carbocycles. The molecule has 29 heavy (non-hydrogen) atoms. The first kappa shape index (κ1) is 20.4. The fraction of sp³-hybridized carbons (Fsp3) is 0.200. The third-order valence-corrected chi connectivity index (χ3v) is 5.10. The standard InChI is InChI=1S/C20H19N3O5S/c1-26-17-10-14(11-18(27-2)20(17)28-3)16-7-8-19(22-21-16)29-12-13-5-4-6-15(9-13)23(24)25/h4-11H,12H2,1-3H3. The first-order valence-electron chi connectivity index (χ1n) is 8.56. The van der Waals surface area contributed by atoms with Crippen molar-refractivity contribution in [3.63, 3.8) is 0 Å². The average molecular weight is 413 g/mol. The molecule has 0 amide bonds. The highest BCUT2D eigenvalue weighted by Gasteiger charge is 2.15. The van der Waals surface area contributed by atoms with Crippen molar-refractivity contribution in [3.8, 4) is 28.5 Å². The van der Waals surface area contributed by atoms with Crippen LogP contribution in [0.1, 0.15) is 5.56 Å². The lowest BCUT2D eigenvalue weighted by Gasteiger charge is -2.13. The number of thioether (sulfide) groups is 1. The first-order valence-corrected chi connectivity index (χ1v) is 9.54. The summed E-state index contributed by atoms with van der Waals surface area (Å²) >= 11 is 1.45. The van der Waals surface area contributed by atoms with E-state index < -0.39 is 4.92 Å². The van der Waals surface area contributed by atoms with Crippen LogP contribution in [0.3, 0.4) is 0 Å². The Kier molecular flexibility index (Phi) is 6.50. The molecule has 3 rings (SSSR count). The molecule has 2 aromatic carbocycles. The predicted octanol–water partition coefficient (Wildman–Crippen LogP) is 4.37. The van der Waals surface area contributed by atoms with Crippen LogP contribution in [-0.4, -0.2) is 36.5 Å². The minimum absolute atomic E-state index is 0.0759. The summed E-state index contributed by atoms with van der Waals surface area (Å²) in [6, 6.07) is 13.9. The van der Waals surface area contributed by atoms with Crippen molar-refractivity contribution in [3.05, 3.63) is 64.2 Å². The number of aromatic nitrogens is 2. The summed E-state index contributed by atoms with van der Waals surface area (Å²) in [5.41, 5.74) is 2.36. The number of hydrogen-bond donors (Lipinski definition) is 0. The van der Waals surface area contributed by atoms with Crippen LogP contribution < -0.4 is 14.2 Å². The van der Waals surface area contributed by atoms with Gasteiger partial charge in [-0.1, -0.05) is 23.9 Å². The number of nitro benzene ring substituents is 1. The molecule has 0 unspecified atom stereocenters. The first-order chi connectivity index (χ1) is 14.0.